The largest absolute Gasteiger partial charge is 0.392 e. The third kappa shape index (κ3) is 4.31. The first kappa shape index (κ1) is 17.0. The third-order valence-electron chi connectivity index (χ3n) is 4.51. The van der Waals surface area contributed by atoms with Crippen LogP contribution < -0.4 is 10.6 Å². The second kappa shape index (κ2) is 8.30. The summed E-state index contributed by atoms with van der Waals surface area (Å²) >= 11 is 0. The van der Waals surface area contributed by atoms with Gasteiger partial charge in [0.2, 0.25) is 5.91 Å². The Kier molecular flexibility index (Phi) is 6.40. The standard InChI is InChI=1S/C18H28N2O2/c1-2-12-19-17(22)18(10-4-3-5-11-18)20-13-15-6-8-16(14-21)9-7-15/h6-9,20-21H,2-5,10-14H2,1H3,(H,19,22). The van der Waals surface area contributed by atoms with Crippen LogP contribution >= 0.6 is 0 Å². The number of nitrogens with one attached hydrogen (secondary N) is 2. The van der Waals surface area contributed by atoms with E-state index in [-0.39, 0.29) is 12.5 Å². The van der Waals surface area contributed by atoms with Gasteiger partial charge in [0.1, 0.15) is 0 Å². The van der Waals surface area contributed by atoms with Crippen molar-refractivity contribution in [3.8, 4) is 0 Å². The van der Waals surface area contributed by atoms with Crippen LogP contribution in [0.4, 0.5) is 0 Å². The van der Waals surface area contributed by atoms with Gasteiger partial charge in [0, 0.05) is 13.1 Å². The molecule has 0 aliphatic heterocycles. The lowest BCUT2D eigenvalue weighted by atomic mass is 9.80. The molecule has 1 aliphatic carbocycles. The molecular formula is C18H28N2O2. The summed E-state index contributed by atoms with van der Waals surface area (Å²) in [5.74, 6) is 0.154. The maximum atomic E-state index is 12.6. The number of amides is 1. The number of benzene rings is 1. The summed E-state index contributed by atoms with van der Waals surface area (Å²) in [5.41, 5.74) is 1.64. The van der Waals surface area contributed by atoms with Gasteiger partial charge in [-0.2, -0.15) is 0 Å². The predicted molar refractivity (Wildman–Crippen MR) is 88.3 cm³/mol. The van der Waals surface area contributed by atoms with Crippen LogP contribution in [0.2, 0.25) is 0 Å². The maximum absolute atomic E-state index is 12.6. The van der Waals surface area contributed by atoms with Crippen LogP contribution in [-0.4, -0.2) is 23.1 Å². The van der Waals surface area contributed by atoms with Crippen LogP contribution in [0.15, 0.2) is 24.3 Å². The molecule has 1 aromatic carbocycles. The lowest BCUT2D eigenvalue weighted by Crippen LogP contribution is -2.57. The Morgan fingerprint density at radius 3 is 2.36 bits per heavy atom. The van der Waals surface area contributed by atoms with Crippen molar-refractivity contribution in [3.05, 3.63) is 35.4 Å². The number of carbonyl (C=O) groups excluding carboxylic acids is 1. The smallest absolute Gasteiger partial charge is 0.240 e. The molecule has 0 aromatic heterocycles. The van der Waals surface area contributed by atoms with Gasteiger partial charge in [-0.15, -0.1) is 0 Å². The molecule has 122 valence electrons. The molecule has 3 N–H and O–H groups in total. The summed E-state index contributed by atoms with van der Waals surface area (Å²) in [4.78, 5) is 12.6. The molecule has 0 saturated heterocycles. The minimum absolute atomic E-state index is 0.0665. The van der Waals surface area contributed by atoms with Crippen molar-refractivity contribution in [1.29, 1.82) is 0 Å². The van der Waals surface area contributed by atoms with Crippen molar-refractivity contribution in [2.24, 2.45) is 0 Å². The van der Waals surface area contributed by atoms with E-state index in [1.165, 1.54) is 6.42 Å². The van der Waals surface area contributed by atoms with E-state index < -0.39 is 5.54 Å². The third-order valence-corrected chi connectivity index (χ3v) is 4.51. The van der Waals surface area contributed by atoms with Crippen molar-refractivity contribution in [2.45, 2.75) is 64.1 Å². The van der Waals surface area contributed by atoms with E-state index in [9.17, 15) is 4.79 Å². The van der Waals surface area contributed by atoms with Crippen LogP contribution in [0.5, 0.6) is 0 Å². The number of aliphatic hydroxyl groups excluding tert-OH is 1. The molecule has 2 rings (SSSR count). The summed E-state index contributed by atoms with van der Waals surface area (Å²) in [6.45, 7) is 3.57. The van der Waals surface area contributed by atoms with Gasteiger partial charge in [-0.25, -0.2) is 0 Å². The average Bonchev–Trinajstić information content (AvgIpc) is 2.59. The fourth-order valence-corrected chi connectivity index (χ4v) is 3.08. The van der Waals surface area contributed by atoms with Crippen LogP contribution in [0.1, 0.15) is 56.6 Å². The van der Waals surface area contributed by atoms with Gasteiger partial charge in [-0.05, 0) is 30.4 Å². The SMILES string of the molecule is CCCNC(=O)C1(NCc2ccc(CO)cc2)CCCCC1. The van der Waals surface area contributed by atoms with E-state index in [1.807, 2.05) is 24.3 Å². The Balaban J connectivity index is 2.00. The quantitative estimate of drug-likeness (QED) is 0.725. The molecule has 0 heterocycles. The summed E-state index contributed by atoms with van der Waals surface area (Å²) in [6.07, 6.45) is 6.22. The molecule has 0 bridgehead atoms. The number of carbonyl (C=O) groups is 1. The molecule has 1 aliphatic rings. The van der Waals surface area contributed by atoms with Crippen molar-refractivity contribution in [2.75, 3.05) is 6.54 Å². The van der Waals surface area contributed by atoms with E-state index in [1.54, 1.807) is 0 Å². The van der Waals surface area contributed by atoms with Gasteiger partial charge in [-0.3, -0.25) is 10.1 Å². The highest BCUT2D eigenvalue weighted by molar-refractivity contribution is 5.86. The Morgan fingerprint density at radius 1 is 1.14 bits per heavy atom. The molecule has 0 unspecified atom stereocenters. The minimum Gasteiger partial charge on any atom is -0.392 e. The van der Waals surface area contributed by atoms with Gasteiger partial charge >= 0.3 is 0 Å². The first-order valence-electron chi connectivity index (χ1n) is 8.42. The number of aliphatic hydroxyl groups is 1. The van der Waals surface area contributed by atoms with Crippen LogP contribution in [0, 0.1) is 0 Å². The van der Waals surface area contributed by atoms with Crippen LogP contribution in [0.25, 0.3) is 0 Å². The Bertz CT molecular complexity index is 464. The minimum atomic E-state index is -0.414. The molecule has 1 aromatic rings. The topological polar surface area (TPSA) is 61.4 Å². The number of hydrogen-bond donors (Lipinski definition) is 3. The van der Waals surface area contributed by atoms with Crippen molar-refractivity contribution in [1.82, 2.24) is 10.6 Å². The molecule has 0 radical (unpaired) electrons. The summed E-state index contributed by atoms with van der Waals surface area (Å²) in [6, 6.07) is 7.89. The Morgan fingerprint density at radius 2 is 1.77 bits per heavy atom. The van der Waals surface area contributed by atoms with E-state index in [4.69, 9.17) is 5.11 Å². The lowest BCUT2D eigenvalue weighted by Gasteiger charge is -2.37. The van der Waals surface area contributed by atoms with Crippen LogP contribution in [-0.2, 0) is 17.9 Å². The zero-order valence-corrected chi connectivity index (χ0v) is 13.5. The van der Waals surface area contributed by atoms with Crippen molar-refractivity contribution < 1.29 is 9.90 Å². The zero-order chi connectivity index (χ0) is 15.8. The van der Waals surface area contributed by atoms with Gasteiger partial charge < -0.3 is 10.4 Å². The van der Waals surface area contributed by atoms with E-state index in [0.717, 1.165) is 49.8 Å². The molecule has 22 heavy (non-hydrogen) atoms. The highest BCUT2D eigenvalue weighted by atomic mass is 16.3. The molecule has 4 nitrogen and oxygen atoms in total. The van der Waals surface area contributed by atoms with E-state index >= 15 is 0 Å². The fourth-order valence-electron chi connectivity index (χ4n) is 3.08. The predicted octanol–water partition coefficient (Wildman–Crippen LogP) is 2.50. The Labute approximate surface area is 133 Å². The van der Waals surface area contributed by atoms with Crippen LogP contribution in [0.3, 0.4) is 0 Å². The zero-order valence-electron chi connectivity index (χ0n) is 13.5. The lowest BCUT2D eigenvalue weighted by molar-refractivity contribution is -0.129. The molecule has 0 atom stereocenters. The number of rotatable bonds is 7. The highest BCUT2D eigenvalue weighted by Crippen LogP contribution is 2.29. The molecule has 1 saturated carbocycles. The molecule has 1 fully saturated rings. The summed E-state index contributed by atoms with van der Waals surface area (Å²) in [7, 11) is 0. The molecule has 0 spiro atoms. The Hall–Kier alpha value is -1.39. The van der Waals surface area contributed by atoms with Crippen molar-refractivity contribution >= 4 is 5.91 Å². The first-order chi connectivity index (χ1) is 10.7. The van der Waals surface area contributed by atoms with E-state index in [2.05, 4.69) is 17.6 Å². The van der Waals surface area contributed by atoms with Crippen molar-refractivity contribution in [3.63, 3.8) is 0 Å². The van der Waals surface area contributed by atoms with Gasteiger partial charge in [0.25, 0.3) is 0 Å². The van der Waals surface area contributed by atoms with E-state index in [0.29, 0.717) is 6.54 Å². The molecular weight excluding hydrogens is 276 g/mol. The second-order valence-corrected chi connectivity index (χ2v) is 6.23. The number of hydrogen-bond acceptors (Lipinski definition) is 3. The fraction of sp³-hybridized carbons (Fsp3) is 0.611. The first-order valence-corrected chi connectivity index (χ1v) is 8.42. The van der Waals surface area contributed by atoms with Gasteiger partial charge in [-0.1, -0.05) is 50.5 Å². The normalized spacial score (nSPS) is 17.2. The second-order valence-electron chi connectivity index (χ2n) is 6.23. The maximum Gasteiger partial charge on any atom is 0.240 e. The summed E-state index contributed by atoms with van der Waals surface area (Å²) in [5, 5.41) is 15.7. The average molecular weight is 304 g/mol. The van der Waals surface area contributed by atoms with Gasteiger partial charge in [0.05, 0.1) is 12.1 Å². The molecule has 1 amide bonds. The summed E-state index contributed by atoms with van der Waals surface area (Å²) < 4.78 is 0. The molecule has 4 heteroatoms. The monoisotopic (exact) mass is 304 g/mol. The highest BCUT2D eigenvalue weighted by Gasteiger charge is 2.38. The van der Waals surface area contributed by atoms with Gasteiger partial charge in [0.15, 0.2) is 0 Å².